The molecular formula is C17H21F3N4OS. The van der Waals surface area contributed by atoms with E-state index in [1.54, 1.807) is 30.5 Å². The molecule has 0 radical (unpaired) electrons. The van der Waals surface area contributed by atoms with Crippen LogP contribution in [0, 0.1) is 0 Å². The van der Waals surface area contributed by atoms with Crippen molar-refractivity contribution in [2.24, 2.45) is 4.99 Å². The molecule has 0 fully saturated rings. The van der Waals surface area contributed by atoms with Crippen molar-refractivity contribution in [2.75, 3.05) is 27.2 Å². The Morgan fingerprint density at radius 3 is 2.81 bits per heavy atom. The Morgan fingerprint density at radius 1 is 1.35 bits per heavy atom. The van der Waals surface area contributed by atoms with Crippen molar-refractivity contribution in [2.45, 2.75) is 19.1 Å². The lowest BCUT2D eigenvalue weighted by molar-refractivity contribution is -0.154. The summed E-state index contributed by atoms with van der Waals surface area (Å²) in [5.74, 6) is 0.612. The minimum absolute atomic E-state index is 0.0333. The number of likely N-dealkylation sites (N-methyl/N-ethyl adjacent to an activating group) is 1. The van der Waals surface area contributed by atoms with Gasteiger partial charge in [0.1, 0.15) is 0 Å². The maximum atomic E-state index is 12.4. The molecular weight excluding hydrogens is 365 g/mol. The third-order valence-electron chi connectivity index (χ3n) is 3.51. The highest BCUT2D eigenvalue weighted by Gasteiger charge is 2.29. The quantitative estimate of drug-likeness (QED) is 0.586. The van der Waals surface area contributed by atoms with Crippen molar-refractivity contribution >= 4 is 17.3 Å². The van der Waals surface area contributed by atoms with Crippen LogP contribution in [0.3, 0.4) is 0 Å². The molecule has 1 N–H and O–H groups in total. The largest absolute Gasteiger partial charge is 0.468 e. The van der Waals surface area contributed by atoms with Gasteiger partial charge in [-0.1, -0.05) is 12.1 Å². The maximum absolute atomic E-state index is 12.4. The molecule has 0 saturated heterocycles. The van der Waals surface area contributed by atoms with Gasteiger partial charge in [-0.2, -0.15) is 13.2 Å². The number of hydrogen-bond acceptors (Lipinski definition) is 4. The van der Waals surface area contributed by atoms with Crippen LogP contribution in [0.5, 0.6) is 5.88 Å². The van der Waals surface area contributed by atoms with E-state index in [0.717, 1.165) is 13.0 Å². The molecule has 2 aromatic heterocycles. The van der Waals surface area contributed by atoms with E-state index in [0.29, 0.717) is 11.5 Å². The first-order valence-electron chi connectivity index (χ1n) is 7.96. The van der Waals surface area contributed by atoms with Gasteiger partial charge in [0, 0.05) is 43.8 Å². The number of aromatic nitrogens is 1. The zero-order chi connectivity index (χ0) is 19.0. The summed E-state index contributed by atoms with van der Waals surface area (Å²) in [5.41, 5.74) is 0.532. The van der Waals surface area contributed by atoms with E-state index in [2.05, 4.69) is 21.4 Å². The van der Waals surface area contributed by atoms with Crippen LogP contribution >= 0.6 is 11.3 Å². The van der Waals surface area contributed by atoms with Gasteiger partial charge in [0.25, 0.3) is 0 Å². The molecule has 26 heavy (non-hydrogen) atoms. The molecule has 0 aliphatic carbocycles. The van der Waals surface area contributed by atoms with Crippen LogP contribution in [-0.2, 0) is 13.0 Å². The van der Waals surface area contributed by atoms with E-state index in [4.69, 9.17) is 4.74 Å². The number of aliphatic imine (C=N–C) groups is 1. The summed E-state index contributed by atoms with van der Waals surface area (Å²) >= 11 is 1.70. The smallest absolute Gasteiger partial charge is 0.422 e. The molecule has 0 aliphatic heterocycles. The Kier molecular flexibility index (Phi) is 7.26. The summed E-state index contributed by atoms with van der Waals surface area (Å²) in [7, 11) is 3.57. The minimum Gasteiger partial charge on any atom is -0.468 e. The third-order valence-corrected chi connectivity index (χ3v) is 4.44. The van der Waals surface area contributed by atoms with Crippen LogP contribution in [-0.4, -0.2) is 49.3 Å². The normalized spacial score (nSPS) is 12.1. The van der Waals surface area contributed by atoms with Crippen molar-refractivity contribution in [3.63, 3.8) is 0 Å². The molecule has 142 valence electrons. The molecule has 2 aromatic rings. The Balaban J connectivity index is 1.91. The minimum atomic E-state index is -4.40. The van der Waals surface area contributed by atoms with Crippen LogP contribution in [0.25, 0.3) is 0 Å². The Labute approximate surface area is 154 Å². The predicted octanol–water partition coefficient (Wildman–Crippen LogP) is 3.33. The fourth-order valence-electron chi connectivity index (χ4n) is 2.24. The van der Waals surface area contributed by atoms with Crippen LogP contribution < -0.4 is 10.1 Å². The van der Waals surface area contributed by atoms with Crippen LogP contribution in [0.15, 0.2) is 40.8 Å². The van der Waals surface area contributed by atoms with Crippen LogP contribution in [0.4, 0.5) is 13.2 Å². The summed E-state index contributed by atoms with van der Waals surface area (Å²) < 4.78 is 41.9. The second kappa shape index (κ2) is 9.42. The number of nitrogens with zero attached hydrogens (tertiary/aromatic N) is 3. The molecule has 0 saturated carbocycles. The highest BCUT2D eigenvalue weighted by Crippen LogP contribution is 2.20. The highest BCUT2D eigenvalue weighted by molar-refractivity contribution is 7.09. The van der Waals surface area contributed by atoms with Gasteiger partial charge in [-0.3, -0.25) is 4.99 Å². The van der Waals surface area contributed by atoms with Gasteiger partial charge in [-0.15, -0.1) is 11.3 Å². The van der Waals surface area contributed by atoms with Gasteiger partial charge in [-0.05, 0) is 23.9 Å². The number of pyridine rings is 1. The molecule has 0 aliphatic rings. The SMILES string of the molecule is CN=C(NCc1cccnc1OCC(F)(F)F)N(C)CCc1cccs1. The van der Waals surface area contributed by atoms with Crippen molar-refractivity contribution in [1.29, 1.82) is 0 Å². The van der Waals surface area contributed by atoms with E-state index in [-0.39, 0.29) is 12.4 Å². The number of thiophene rings is 1. The molecule has 0 bridgehead atoms. The molecule has 0 atom stereocenters. The average Bonchev–Trinajstić information content (AvgIpc) is 3.12. The lowest BCUT2D eigenvalue weighted by Crippen LogP contribution is -2.39. The molecule has 0 aromatic carbocycles. The fraction of sp³-hybridized carbons (Fsp3) is 0.412. The summed E-state index contributed by atoms with van der Waals surface area (Å²) in [6.07, 6.45) is -2.11. The number of nitrogens with one attached hydrogen (secondary N) is 1. The van der Waals surface area contributed by atoms with E-state index in [9.17, 15) is 13.2 Å². The van der Waals surface area contributed by atoms with Crippen LogP contribution in [0.1, 0.15) is 10.4 Å². The topological polar surface area (TPSA) is 49.8 Å². The van der Waals surface area contributed by atoms with Gasteiger partial charge in [0.15, 0.2) is 12.6 Å². The first-order valence-corrected chi connectivity index (χ1v) is 8.84. The zero-order valence-corrected chi connectivity index (χ0v) is 15.4. The van der Waals surface area contributed by atoms with E-state index < -0.39 is 12.8 Å². The number of rotatable bonds is 7. The van der Waals surface area contributed by atoms with Gasteiger partial charge >= 0.3 is 6.18 Å². The first-order chi connectivity index (χ1) is 12.4. The average molecular weight is 386 g/mol. The van der Waals surface area contributed by atoms with Gasteiger partial charge in [0.2, 0.25) is 5.88 Å². The number of hydrogen-bond donors (Lipinski definition) is 1. The summed E-state index contributed by atoms with van der Waals surface area (Å²) in [6, 6.07) is 7.41. The molecule has 2 heterocycles. The van der Waals surface area contributed by atoms with Gasteiger partial charge in [0.05, 0.1) is 0 Å². The summed E-state index contributed by atoms with van der Waals surface area (Å²) in [6.45, 7) is -0.339. The molecule has 9 heteroatoms. The number of alkyl halides is 3. The summed E-state index contributed by atoms with van der Waals surface area (Å²) in [4.78, 5) is 11.3. The number of ether oxygens (including phenoxy) is 1. The lowest BCUT2D eigenvalue weighted by atomic mass is 10.2. The number of guanidine groups is 1. The monoisotopic (exact) mass is 386 g/mol. The summed E-state index contributed by atoms with van der Waals surface area (Å²) in [5, 5.41) is 5.17. The van der Waals surface area contributed by atoms with Crippen molar-refractivity contribution in [3.05, 3.63) is 46.3 Å². The second-order valence-corrected chi connectivity index (χ2v) is 6.56. The van der Waals surface area contributed by atoms with Crippen LogP contribution in [0.2, 0.25) is 0 Å². The van der Waals surface area contributed by atoms with Gasteiger partial charge in [-0.25, -0.2) is 4.98 Å². The van der Waals surface area contributed by atoms with Crippen molar-refractivity contribution in [1.82, 2.24) is 15.2 Å². The molecule has 0 spiro atoms. The zero-order valence-electron chi connectivity index (χ0n) is 14.6. The first kappa shape index (κ1) is 20.0. The number of halogens is 3. The Morgan fingerprint density at radius 2 is 2.15 bits per heavy atom. The van der Waals surface area contributed by atoms with Crippen molar-refractivity contribution in [3.8, 4) is 5.88 Å². The highest BCUT2D eigenvalue weighted by atomic mass is 32.1. The fourth-order valence-corrected chi connectivity index (χ4v) is 2.93. The second-order valence-electron chi connectivity index (χ2n) is 5.52. The Hall–Kier alpha value is -2.29. The lowest BCUT2D eigenvalue weighted by Gasteiger charge is -2.22. The molecule has 0 unspecified atom stereocenters. The maximum Gasteiger partial charge on any atom is 0.422 e. The van der Waals surface area contributed by atoms with E-state index in [1.165, 1.54) is 11.1 Å². The Bertz CT molecular complexity index is 704. The molecule has 2 rings (SSSR count). The van der Waals surface area contributed by atoms with Crippen molar-refractivity contribution < 1.29 is 17.9 Å². The molecule has 5 nitrogen and oxygen atoms in total. The standard InChI is InChI=1S/C17H21F3N4OS/c1-21-16(24(2)9-7-14-6-4-10-26-14)23-11-13-5-3-8-22-15(13)25-12-17(18,19)20/h3-6,8,10H,7,9,11-12H2,1-2H3,(H,21,23). The van der Waals surface area contributed by atoms with E-state index >= 15 is 0 Å². The predicted molar refractivity (Wildman–Crippen MR) is 96.6 cm³/mol. The van der Waals surface area contributed by atoms with E-state index in [1.807, 2.05) is 23.4 Å². The third kappa shape index (κ3) is 6.55. The molecule has 0 amide bonds. The van der Waals surface area contributed by atoms with Gasteiger partial charge < -0.3 is 15.0 Å².